The Morgan fingerprint density at radius 3 is 2.40 bits per heavy atom. The molecule has 1 atom stereocenters. The van der Waals surface area contributed by atoms with Crippen LogP contribution in [-0.2, 0) is 19.4 Å². The van der Waals surface area contributed by atoms with Gasteiger partial charge in [-0.1, -0.05) is 6.42 Å². The number of carboxylic acids is 1. The van der Waals surface area contributed by atoms with E-state index in [4.69, 9.17) is 0 Å². The van der Waals surface area contributed by atoms with Gasteiger partial charge in [-0.05, 0) is 37.2 Å². The number of thioether (sulfide) groups is 1. The molecule has 2 aliphatic rings. The number of hydrogen-bond acceptors (Lipinski definition) is 5. The fraction of sp³-hybridized carbons (Fsp3) is 0.833. The zero-order valence-electron chi connectivity index (χ0n) is 11.1. The molecule has 0 aromatic heterocycles. The van der Waals surface area contributed by atoms with Gasteiger partial charge in [0.2, 0.25) is 5.91 Å². The van der Waals surface area contributed by atoms with Crippen LogP contribution in [0.3, 0.4) is 0 Å². The molecule has 2 rings (SSSR count). The first kappa shape index (κ1) is 15.6. The summed E-state index contributed by atoms with van der Waals surface area (Å²) < 4.78 is 23.9. The second kappa shape index (κ2) is 5.93. The number of amides is 1. The first-order chi connectivity index (χ1) is 9.37. The molecule has 0 radical (unpaired) electrons. The Balaban J connectivity index is 2.14. The van der Waals surface area contributed by atoms with Crippen LogP contribution in [-0.4, -0.2) is 53.4 Å². The lowest BCUT2D eigenvalue weighted by Crippen LogP contribution is -2.59. The van der Waals surface area contributed by atoms with E-state index in [9.17, 15) is 23.1 Å². The number of hydrogen-bond donors (Lipinski definition) is 2. The molecule has 0 spiro atoms. The highest BCUT2D eigenvalue weighted by molar-refractivity contribution is 7.99. The molecule has 2 aliphatic heterocycles. The largest absolute Gasteiger partial charge is 0.480 e. The van der Waals surface area contributed by atoms with Crippen molar-refractivity contribution in [3.05, 3.63) is 0 Å². The molecule has 0 aliphatic carbocycles. The topological polar surface area (TPSA) is 101 Å². The molecule has 0 saturated carbocycles. The van der Waals surface area contributed by atoms with Crippen molar-refractivity contribution in [1.29, 1.82) is 0 Å². The normalized spacial score (nSPS) is 28.5. The van der Waals surface area contributed by atoms with Gasteiger partial charge >= 0.3 is 5.97 Å². The third-order valence-electron chi connectivity index (χ3n) is 3.99. The van der Waals surface area contributed by atoms with Crippen LogP contribution in [0.2, 0.25) is 0 Å². The zero-order valence-corrected chi connectivity index (χ0v) is 12.8. The summed E-state index contributed by atoms with van der Waals surface area (Å²) in [4.78, 5) is 23.7. The minimum atomic E-state index is -3.44. The van der Waals surface area contributed by atoms with Gasteiger partial charge in [0, 0.05) is 0 Å². The number of carbonyl (C=O) groups is 2. The van der Waals surface area contributed by atoms with E-state index in [1.54, 1.807) is 11.8 Å². The van der Waals surface area contributed by atoms with Crippen molar-refractivity contribution in [2.24, 2.45) is 0 Å². The van der Waals surface area contributed by atoms with Crippen molar-refractivity contribution in [1.82, 2.24) is 5.32 Å². The molecule has 2 heterocycles. The van der Waals surface area contributed by atoms with Crippen molar-refractivity contribution in [2.45, 2.75) is 42.9 Å². The highest BCUT2D eigenvalue weighted by Crippen LogP contribution is 2.28. The molecule has 1 unspecified atom stereocenters. The summed E-state index contributed by atoms with van der Waals surface area (Å²) in [6, 6.07) is 0. The van der Waals surface area contributed by atoms with Crippen molar-refractivity contribution in [2.75, 3.05) is 17.3 Å². The molecule has 0 aromatic rings. The SMILES string of the molecule is O=C(NC1(C(=O)O)CCSCC1)C1CCCCS1(=O)=O. The molecule has 2 fully saturated rings. The van der Waals surface area contributed by atoms with Crippen LogP contribution in [0.1, 0.15) is 32.1 Å². The molecule has 0 bridgehead atoms. The first-order valence-electron chi connectivity index (χ1n) is 6.72. The monoisotopic (exact) mass is 321 g/mol. The molecule has 8 heteroatoms. The Morgan fingerprint density at radius 1 is 1.20 bits per heavy atom. The maximum absolute atomic E-state index is 12.2. The first-order valence-corrected chi connectivity index (χ1v) is 9.59. The van der Waals surface area contributed by atoms with Crippen LogP contribution in [0, 0.1) is 0 Å². The maximum atomic E-state index is 12.2. The fourth-order valence-electron chi connectivity index (χ4n) is 2.68. The highest BCUT2D eigenvalue weighted by Gasteiger charge is 2.44. The van der Waals surface area contributed by atoms with Crippen LogP contribution in [0.4, 0.5) is 0 Å². The number of carboxylic acid groups (broad SMARTS) is 1. The number of carbonyl (C=O) groups excluding carboxylic acids is 1. The molecule has 20 heavy (non-hydrogen) atoms. The summed E-state index contributed by atoms with van der Waals surface area (Å²) in [5.41, 5.74) is -1.30. The maximum Gasteiger partial charge on any atom is 0.329 e. The quantitative estimate of drug-likeness (QED) is 0.781. The molecule has 1 amide bonds. The lowest BCUT2D eigenvalue weighted by atomic mass is 9.92. The van der Waals surface area contributed by atoms with E-state index >= 15 is 0 Å². The Kier molecular flexibility index (Phi) is 4.63. The predicted octanol–water partition coefficient (Wildman–Crippen LogP) is 0.420. The van der Waals surface area contributed by atoms with E-state index in [1.165, 1.54) is 0 Å². The van der Waals surface area contributed by atoms with E-state index in [2.05, 4.69) is 5.32 Å². The number of nitrogens with one attached hydrogen (secondary N) is 1. The van der Waals surface area contributed by atoms with Crippen molar-refractivity contribution in [3.8, 4) is 0 Å². The third-order valence-corrected chi connectivity index (χ3v) is 7.15. The van der Waals surface area contributed by atoms with E-state index < -0.39 is 32.5 Å². The van der Waals surface area contributed by atoms with Gasteiger partial charge < -0.3 is 10.4 Å². The standard InChI is InChI=1S/C12H19NO5S2/c14-10(9-3-1-2-8-20(9,17)18)13-12(11(15)16)4-6-19-7-5-12/h9H,1-8H2,(H,13,14)(H,15,16). The average Bonchev–Trinajstić information content (AvgIpc) is 2.38. The van der Waals surface area contributed by atoms with Gasteiger partial charge in [0.25, 0.3) is 0 Å². The Hall–Kier alpha value is -0.760. The van der Waals surface area contributed by atoms with Gasteiger partial charge in [-0.2, -0.15) is 11.8 Å². The second-order valence-electron chi connectivity index (χ2n) is 5.34. The number of aliphatic carboxylic acids is 1. The Morgan fingerprint density at radius 2 is 1.85 bits per heavy atom. The minimum absolute atomic E-state index is 0.0149. The second-order valence-corrected chi connectivity index (χ2v) is 8.87. The average molecular weight is 321 g/mol. The fourth-order valence-corrected chi connectivity index (χ4v) is 5.67. The van der Waals surface area contributed by atoms with Crippen LogP contribution in [0.15, 0.2) is 0 Å². The third kappa shape index (κ3) is 3.11. The molecule has 0 aromatic carbocycles. The number of sulfone groups is 1. The van der Waals surface area contributed by atoms with Gasteiger partial charge in [0.05, 0.1) is 5.75 Å². The molecule has 2 saturated heterocycles. The summed E-state index contributed by atoms with van der Waals surface area (Å²) in [6.07, 6.45) is 2.23. The summed E-state index contributed by atoms with van der Waals surface area (Å²) in [6.45, 7) is 0. The molecule has 114 valence electrons. The molecular formula is C12H19NO5S2. The van der Waals surface area contributed by atoms with Crippen molar-refractivity contribution >= 4 is 33.5 Å². The lowest BCUT2D eigenvalue weighted by Gasteiger charge is -2.35. The summed E-state index contributed by atoms with van der Waals surface area (Å²) >= 11 is 1.64. The summed E-state index contributed by atoms with van der Waals surface area (Å²) in [5, 5.41) is 10.8. The van der Waals surface area contributed by atoms with Crippen molar-refractivity contribution in [3.63, 3.8) is 0 Å². The predicted molar refractivity (Wildman–Crippen MR) is 76.5 cm³/mol. The molecular weight excluding hydrogens is 302 g/mol. The van der Waals surface area contributed by atoms with Gasteiger partial charge in [-0.3, -0.25) is 4.79 Å². The lowest BCUT2D eigenvalue weighted by molar-refractivity contribution is -0.148. The van der Waals surface area contributed by atoms with E-state index in [0.717, 1.165) is 0 Å². The smallest absolute Gasteiger partial charge is 0.329 e. The van der Waals surface area contributed by atoms with Gasteiger partial charge in [0.1, 0.15) is 10.8 Å². The van der Waals surface area contributed by atoms with E-state index in [-0.39, 0.29) is 5.75 Å². The molecule has 2 N–H and O–H groups in total. The zero-order chi connectivity index (χ0) is 14.8. The summed E-state index contributed by atoms with van der Waals surface area (Å²) in [5.74, 6) is -0.381. The van der Waals surface area contributed by atoms with E-state index in [1.807, 2.05) is 0 Å². The Bertz CT molecular complexity index is 496. The van der Waals surface area contributed by atoms with Crippen LogP contribution < -0.4 is 5.32 Å². The van der Waals surface area contributed by atoms with E-state index in [0.29, 0.717) is 43.6 Å². The van der Waals surface area contributed by atoms with Crippen molar-refractivity contribution < 1.29 is 23.1 Å². The Labute approximate surface area is 122 Å². The van der Waals surface area contributed by atoms with Crippen LogP contribution >= 0.6 is 11.8 Å². The van der Waals surface area contributed by atoms with Gasteiger partial charge in [-0.15, -0.1) is 0 Å². The van der Waals surface area contributed by atoms with Crippen LogP contribution in [0.25, 0.3) is 0 Å². The molecule has 6 nitrogen and oxygen atoms in total. The highest BCUT2D eigenvalue weighted by atomic mass is 32.2. The number of rotatable bonds is 3. The van der Waals surface area contributed by atoms with Gasteiger partial charge in [0.15, 0.2) is 9.84 Å². The minimum Gasteiger partial charge on any atom is -0.480 e. The summed E-state index contributed by atoms with van der Waals surface area (Å²) in [7, 11) is -3.44. The van der Waals surface area contributed by atoms with Crippen LogP contribution in [0.5, 0.6) is 0 Å². The van der Waals surface area contributed by atoms with Gasteiger partial charge in [-0.25, -0.2) is 13.2 Å².